The van der Waals surface area contributed by atoms with Gasteiger partial charge < -0.3 is 9.47 Å². The lowest BCUT2D eigenvalue weighted by atomic mass is 9.87. The standard InChI is InChI=1S/C26H42O3/c1-5-8-10-11-12-17-21-26(7-3,20-16-9-6-2)29-25(27)24(28-4)22-23-18-14-13-15-19-23/h13-15,18-19,22H,5-12,16-17,20-21H2,1-4H3. The molecule has 0 aromatic heterocycles. The summed E-state index contributed by atoms with van der Waals surface area (Å²) in [7, 11) is 1.54. The van der Waals surface area contributed by atoms with Crippen LogP contribution >= 0.6 is 0 Å². The van der Waals surface area contributed by atoms with E-state index in [0.717, 1.165) is 37.7 Å². The van der Waals surface area contributed by atoms with Crippen molar-refractivity contribution in [3.8, 4) is 0 Å². The minimum absolute atomic E-state index is 0.271. The first-order valence-corrected chi connectivity index (χ1v) is 11.6. The van der Waals surface area contributed by atoms with Crippen LogP contribution in [0.4, 0.5) is 0 Å². The zero-order chi connectivity index (χ0) is 21.4. The van der Waals surface area contributed by atoms with Gasteiger partial charge in [0.25, 0.3) is 0 Å². The molecule has 3 nitrogen and oxygen atoms in total. The van der Waals surface area contributed by atoms with Gasteiger partial charge in [-0.05, 0) is 43.7 Å². The van der Waals surface area contributed by atoms with Gasteiger partial charge in [-0.2, -0.15) is 0 Å². The monoisotopic (exact) mass is 402 g/mol. The SMILES string of the molecule is CCCCCCCCC(CC)(CCCCC)OC(=O)C(=Cc1ccccc1)OC. The third-order valence-electron chi connectivity index (χ3n) is 5.69. The second-order valence-corrected chi connectivity index (χ2v) is 8.02. The summed E-state index contributed by atoms with van der Waals surface area (Å²) >= 11 is 0. The molecule has 0 aliphatic carbocycles. The Labute approximate surface area is 178 Å². The van der Waals surface area contributed by atoms with E-state index in [1.807, 2.05) is 30.3 Å². The van der Waals surface area contributed by atoms with Gasteiger partial charge in [0, 0.05) is 0 Å². The maximum atomic E-state index is 12.9. The van der Waals surface area contributed by atoms with Gasteiger partial charge in [0.2, 0.25) is 5.76 Å². The number of methoxy groups -OCH3 is 1. The Morgan fingerprint density at radius 2 is 1.41 bits per heavy atom. The summed E-state index contributed by atoms with van der Waals surface area (Å²) in [6.07, 6.45) is 15.4. The molecule has 1 rings (SSSR count). The first-order valence-electron chi connectivity index (χ1n) is 11.6. The van der Waals surface area contributed by atoms with Crippen molar-refractivity contribution < 1.29 is 14.3 Å². The van der Waals surface area contributed by atoms with Gasteiger partial charge in [-0.15, -0.1) is 0 Å². The minimum Gasteiger partial charge on any atom is -0.490 e. The fraction of sp³-hybridized carbons (Fsp3) is 0.654. The maximum Gasteiger partial charge on any atom is 0.374 e. The highest BCUT2D eigenvalue weighted by atomic mass is 16.6. The van der Waals surface area contributed by atoms with E-state index in [-0.39, 0.29) is 17.3 Å². The smallest absolute Gasteiger partial charge is 0.374 e. The Hall–Kier alpha value is -1.77. The van der Waals surface area contributed by atoms with Crippen LogP contribution in [0, 0.1) is 0 Å². The number of rotatable bonds is 16. The molecular weight excluding hydrogens is 360 g/mol. The van der Waals surface area contributed by atoms with E-state index in [0.29, 0.717) is 0 Å². The van der Waals surface area contributed by atoms with Crippen molar-refractivity contribution in [2.24, 2.45) is 0 Å². The zero-order valence-corrected chi connectivity index (χ0v) is 19.2. The Kier molecular flexibility index (Phi) is 13.2. The molecule has 0 saturated carbocycles. The molecule has 0 heterocycles. The number of carbonyl (C=O) groups is 1. The predicted octanol–water partition coefficient (Wildman–Crippen LogP) is 7.70. The van der Waals surface area contributed by atoms with E-state index in [1.165, 1.54) is 52.1 Å². The number of carbonyl (C=O) groups excluding carboxylic acids is 1. The minimum atomic E-state index is -0.384. The van der Waals surface area contributed by atoms with Gasteiger partial charge in [0.15, 0.2) is 0 Å². The molecule has 1 aromatic rings. The Balaban J connectivity index is 2.81. The van der Waals surface area contributed by atoms with Crippen molar-refractivity contribution in [3.05, 3.63) is 41.7 Å². The average molecular weight is 403 g/mol. The molecule has 1 atom stereocenters. The highest BCUT2D eigenvalue weighted by Gasteiger charge is 2.33. The molecule has 0 aliphatic heterocycles. The quantitative estimate of drug-likeness (QED) is 0.123. The molecule has 1 unspecified atom stereocenters. The lowest BCUT2D eigenvalue weighted by Gasteiger charge is -2.33. The lowest BCUT2D eigenvalue weighted by molar-refractivity contribution is -0.161. The lowest BCUT2D eigenvalue weighted by Crippen LogP contribution is -2.35. The van der Waals surface area contributed by atoms with Crippen LogP contribution in [0.15, 0.2) is 36.1 Å². The van der Waals surface area contributed by atoms with Crippen molar-refractivity contribution in [3.63, 3.8) is 0 Å². The zero-order valence-electron chi connectivity index (χ0n) is 19.2. The molecule has 1 aromatic carbocycles. The van der Waals surface area contributed by atoms with Crippen LogP contribution in [0.25, 0.3) is 6.08 Å². The number of ether oxygens (including phenoxy) is 2. The molecule has 29 heavy (non-hydrogen) atoms. The average Bonchev–Trinajstić information content (AvgIpc) is 2.75. The van der Waals surface area contributed by atoms with Crippen LogP contribution in [-0.2, 0) is 14.3 Å². The molecule has 164 valence electrons. The molecule has 3 heteroatoms. The maximum absolute atomic E-state index is 12.9. The molecule has 0 bridgehead atoms. The third kappa shape index (κ3) is 10.0. The van der Waals surface area contributed by atoms with E-state index >= 15 is 0 Å². The summed E-state index contributed by atoms with van der Waals surface area (Å²) < 4.78 is 11.5. The van der Waals surface area contributed by atoms with E-state index in [1.54, 1.807) is 6.08 Å². The number of esters is 1. The van der Waals surface area contributed by atoms with Crippen LogP contribution in [0.3, 0.4) is 0 Å². The summed E-state index contributed by atoms with van der Waals surface area (Å²) in [4.78, 5) is 12.9. The normalized spacial score (nSPS) is 13.7. The second kappa shape index (κ2) is 15.1. The highest BCUT2D eigenvalue weighted by Crippen LogP contribution is 2.31. The first-order chi connectivity index (χ1) is 14.1. The van der Waals surface area contributed by atoms with Gasteiger partial charge >= 0.3 is 5.97 Å². The van der Waals surface area contributed by atoms with Crippen molar-refractivity contribution in [2.45, 2.75) is 103 Å². The van der Waals surface area contributed by atoms with Crippen LogP contribution < -0.4 is 0 Å². The van der Waals surface area contributed by atoms with Crippen molar-refractivity contribution in [1.82, 2.24) is 0 Å². The number of hydrogen-bond donors (Lipinski definition) is 0. The van der Waals surface area contributed by atoms with Gasteiger partial charge in [-0.1, -0.05) is 96.0 Å². The van der Waals surface area contributed by atoms with E-state index < -0.39 is 0 Å². The molecule has 0 fully saturated rings. The summed E-state index contributed by atoms with van der Waals surface area (Å²) in [5.41, 5.74) is 0.552. The van der Waals surface area contributed by atoms with Crippen LogP contribution in [0.2, 0.25) is 0 Å². The van der Waals surface area contributed by atoms with E-state index in [4.69, 9.17) is 9.47 Å². The molecule has 0 amide bonds. The summed E-state index contributed by atoms with van der Waals surface area (Å²) in [6, 6.07) is 9.76. The molecule has 0 spiro atoms. The topological polar surface area (TPSA) is 35.5 Å². The Morgan fingerprint density at radius 3 is 2.00 bits per heavy atom. The van der Waals surface area contributed by atoms with Crippen LogP contribution in [0.1, 0.15) is 103 Å². The first kappa shape index (κ1) is 25.3. The highest BCUT2D eigenvalue weighted by molar-refractivity contribution is 5.91. The fourth-order valence-corrected chi connectivity index (χ4v) is 3.73. The largest absolute Gasteiger partial charge is 0.490 e. The molecule has 0 radical (unpaired) electrons. The van der Waals surface area contributed by atoms with E-state index in [9.17, 15) is 4.79 Å². The Morgan fingerprint density at radius 1 is 0.862 bits per heavy atom. The van der Waals surface area contributed by atoms with Crippen molar-refractivity contribution in [1.29, 1.82) is 0 Å². The summed E-state index contributed by atoms with van der Waals surface area (Å²) in [6.45, 7) is 6.59. The molecular formula is C26H42O3. The van der Waals surface area contributed by atoms with Crippen LogP contribution in [-0.4, -0.2) is 18.7 Å². The van der Waals surface area contributed by atoms with Gasteiger partial charge in [-0.25, -0.2) is 4.79 Å². The van der Waals surface area contributed by atoms with Crippen LogP contribution in [0.5, 0.6) is 0 Å². The fourth-order valence-electron chi connectivity index (χ4n) is 3.73. The molecule has 0 N–H and O–H groups in total. The predicted molar refractivity (Wildman–Crippen MR) is 123 cm³/mol. The Bertz CT molecular complexity index is 579. The molecule has 0 saturated heterocycles. The number of benzene rings is 1. The van der Waals surface area contributed by atoms with Crippen molar-refractivity contribution in [2.75, 3.05) is 7.11 Å². The second-order valence-electron chi connectivity index (χ2n) is 8.02. The third-order valence-corrected chi connectivity index (χ3v) is 5.69. The van der Waals surface area contributed by atoms with E-state index in [2.05, 4.69) is 20.8 Å². The number of hydrogen-bond acceptors (Lipinski definition) is 3. The van der Waals surface area contributed by atoms with Gasteiger partial charge in [0.05, 0.1) is 7.11 Å². The molecule has 0 aliphatic rings. The van der Waals surface area contributed by atoms with Crippen molar-refractivity contribution >= 4 is 12.0 Å². The van der Waals surface area contributed by atoms with Gasteiger partial charge in [-0.3, -0.25) is 0 Å². The number of unbranched alkanes of at least 4 members (excludes halogenated alkanes) is 7. The van der Waals surface area contributed by atoms with Gasteiger partial charge in [0.1, 0.15) is 5.60 Å². The summed E-state index contributed by atoms with van der Waals surface area (Å²) in [5, 5.41) is 0. The summed E-state index contributed by atoms with van der Waals surface area (Å²) in [5.74, 6) is -0.0758.